The maximum absolute atomic E-state index is 13.9. The first-order valence-electron chi connectivity index (χ1n) is 12.7. The fourth-order valence-electron chi connectivity index (χ4n) is 5.21. The van der Waals surface area contributed by atoms with Gasteiger partial charge in [0.25, 0.3) is 5.56 Å². The Kier molecular flexibility index (Phi) is 7.70. The van der Waals surface area contributed by atoms with E-state index in [0.717, 1.165) is 56.2 Å². The van der Waals surface area contributed by atoms with Gasteiger partial charge in [-0.3, -0.25) is 9.36 Å². The molecule has 0 fully saturated rings. The van der Waals surface area contributed by atoms with E-state index in [1.54, 1.807) is 28.8 Å². The molecule has 0 N–H and O–H groups in total. The van der Waals surface area contributed by atoms with Gasteiger partial charge in [-0.2, -0.15) is 8.78 Å². The van der Waals surface area contributed by atoms with Crippen molar-refractivity contribution in [2.24, 2.45) is 4.99 Å². The van der Waals surface area contributed by atoms with E-state index in [1.165, 1.54) is 17.4 Å². The minimum atomic E-state index is -2.96. The Balaban J connectivity index is 1.56. The van der Waals surface area contributed by atoms with Crippen molar-refractivity contribution in [2.75, 3.05) is 0 Å². The first kappa shape index (κ1) is 27.1. The molecule has 2 aliphatic rings. The van der Waals surface area contributed by atoms with Crippen molar-refractivity contribution in [3.63, 3.8) is 0 Å². The Hall–Kier alpha value is -3.14. The van der Waals surface area contributed by atoms with Crippen LogP contribution in [0.2, 0.25) is 0 Å². The summed E-state index contributed by atoms with van der Waals surface area (Å²) in [6, 6.07) is 22.3. The van der Waals surface area contributed by atoms with E-state index >= 15 is 0 Å². The second kappa shape index (κ2) is 11.4. The summed E-state index contributed by atoms with van der Waals surface area (Å²) < 4.78 is 34.9. The Morgan fingerprint density at radius 1 is 0.950 bits per heavy atom. The van der Waals surface area contributed by atoms with E-state index in [2.05, 4.69) is 50.1 Å². The highest BCUT2D eigenvalue weighted by Gasteiger charge is 2.32. The first-order chi connectivity index (χ1) is 19.4. The third-order valence-electron chi connectivity index (χ3n) is 6.95. The predicted octanol–water partition coefficient (Wildman–Crippen LogP) is 7.61. The molecule has 202 valence electrons. The number of alkyl halides is 2. The van der Waals surface area contributed by atoms with Crippen molar-refractivity contribution in [2.45, 2.75) is 31.9 Å². The molecule has 9 heteroatoms. The SMILES string of the molecule is O=c1/c(=C/c2ccccc2OC(F)F)sc2n1[C@H](c1ccc(Br)cc1)C1=C(N=2)/C(=C\c2ccc(Br)cc2)CCC1. The van der Waals surface area contributed by atoms with Crippen LogP contribution in [0.4, 0.5) is 8.78 Å². The average molecular weight is 684 g/mol. The number of aromatic nitrogens is 1. The second-order valence-electron chi connectivity index (χ2n) is 9.50. The lowest BCUT2D eigenvalue weighted by Crippen LogP contribution is -2.39. The molecule has 0 bridgehead atoms. The van der Waals surface area contributed by atoms with Gasteiger partial charge in [-0.25, -0.2) is 4.99 Å². The summed E-state index contributed by atoms with van der Waals surface area (Å²) in [6.45, 7) is -2.96. The van der Waals surface area contributed by atoms with Crippen molar-refractivity contribution < 1.29 is 13.5 Å². The van der Waals surface area contributed by atoms with Crippen molar-refractivity contribution >= 4 is 55.3 Å². The molecule has 3 aromatic carbocycles. The largest absolute Gasteiger partial charge is 0.434 e. The van der Waals surface area contributed by atoms with Gasteiger partial charge in [-0.1, -0.05) is 85.7 Å². The third-order valence-corrected chi connectivity index (χ3v) is 8.99. The van der Waals surface area contributed by atoms with Gasteiger partial charge >= 0.3 is 6.61 Å². The topological polar surface area (TPSA) is 43.6 Å². The molecule has 0 saturated carbocycles. The molecule has 1 atom stereocenters. The number of hydrogen-bond acceptors (Lipinski definition) is 4. The summed E-state index contributed by atoms with van der Waals surface area (Å²) in [6.07, 6.45) is 6.45. The minimum absolute atomic E-state index is 0.0202. The minimum Gasteiger partial charge on any atom is -0.434 e. The van der Waals surface area contributed by atoms with Crippen LogP contribution in [-0.2, 0) is 0 Å². The number of allylic oxidation sites excluding steroid dienone is 2. The number of para-hydroxylation sites is 1. The molecule has 0 amide bonds. The standard InChI is InChI=1S/C31H22Br2F2N2O2S/c32-22-12-8-18(9-13-22)16-21-5-3-6-24-27(21)36-31-37(28(24)19-10-14-23(33)15-11-19)29(38)26(40-31)17-20-4-1-2-7-25(20)39-30(34)35/h1-2,4,7-17,28,30H,3,5-6H2/b21-16-,26-17-/t28-/m1/s1. The molecule has 1 aliphatic heterocycles. The Morgan fingerprint density at radius 3 is 2.38 bits per heavy atom. The first-order valence-corrected chi connectivity index (χ1v) is 15.1. The van der Waals surface area contributed by atoms with Crippen molar-refractivity contribution in [1.29, 1.82) is 0 Å². The molecule has 0 unspecified atom stereocenters. The highest BCUT2D eigenvalue weighted by molar-refractivity contribution is 9.10. The number of hydrogen-bond donors (Lipinski definition) is 0. The summed E-state index contributed by atoms with van der Waals surface area (Å²) in [5.41, 5.74) is 5.45. The number of thiazole rings is 1. The number of ether oxygens (including phenoxy) is 1. The molecular weight excluding hydrogens is 662 g/mol. The summed E-state index contributed by atoms with van der Waals surface area (Å²) in [5.74, 6) is 0.0202. The second-order valence-corrected chi connectivity index (χ2v) is 12.3. The molecule has 1 aromatic heterocycles. The summed E-state index contributed by atoms with van der Waals surface area (Å²) >= 11 is 8.28. The van der Waals surface area contributed by atoms with Crippen molar-refractivity contribution in [3.05, 3.63) is 135 Å². The zero-order chi connectivity index (χ0) is 27.8. The Labute approximate surface area is 249 Å². The van der Waals surface area contributed by atoms with E-state index < -0.39 is 6.61 Å². The molecule has 2 heterocycles. The van der Waals surface area contributed by atoms with Crippen LogP contribution < -0.4 is 19.6 Å². The smallest absolute Gasteiger partial charge is 0.387 e. The van der Waals surface area contributed by atoms with Gasteiger partial charge in [0.1, 0.15) is 5.75 Å². The van der Waals surface area contributed by atoms with E-state index in [-0.39, 0.29) is 17.4 Å². The van der Waals surface area contributed by atoms with Crippen LogP contribution in [0, 0.1) is 0 Å². The molecule has 0 spiro atoms. The number of halogens is 4. The average Bonchev–Trinajstić information content (AvgIpc) is 3.25. The Bertz CT molecular complexity index is 1820. The maximum atomic E-state index is 13.9. The van der Waals surface area contributed by atoms with Crippen LogP contribution in [0.3, 0.4) is 0 Å². The number of nitrogens with zero attached hydrogens (tertiary/aromatic N) is 2. The van der Waals surface area contributed by atoms with Gasteiger partial charge in [0.2, 0.25) is 0 Å². The van der Waals surface area contributed by atoms with E-state index in [9.17, 15) is 13.6 Å². The van der Waals surface area contributed by atoms with Crippen LogP contribution in [0.15, 0.2) is 108 Å². The zero-order valence-corrected chi connectivity index (χ0v) is 25.0. The van der Waals surface area contributed by atoms with Gasteiger partial charge in [0.05, 0.1) is 16.3 Å². The lowest BCUT2D eigenvalue weighted by atomic mass is 9.84. The zero-order valence-electron chi connectivity index (χ0n) is 21.0. The van der Waals surface area contributed by atoms with Gasteiger partial charge in [0, 0.05) is 14.5 Å². The monoisotopic (exact) mass is 682 g/mol. The molecular formula is C31H22Br2F2N2O2S. The van der Waals surface area contributed by atoms with Crippen molar-refractivity contribution in [1.82, 2.24) is 4.57 Å². The van der Waals surface area contributed by atoms with Crippen LogP contribution in [-0.4, -0.2) is 11.2 Å². The van der Waals surface area contributed by atoms with E-state index in [0.29, 0.717) is 14.9 Å². The summed E-state index contributed by atoms with van der Waals surface area (Å²) in [5, 5.41) is 0. The van der Waals surface area contributed by atoms with E-state index in [4.69, 9.17) is 9.73 Å². The van der Waals surface area contributed by atoms with Crippen molar-refractivity contribution in [3.8, 4) is 5.75 Å². The molecule has 4 aromatic rings. The molecule has 6 rings (SSSR count). The van der Waals surface area contributed by atoms with Crippen LogP contribution >= 0.6 is 43.2 Å². The van der Waals surface area contributed by atoms with Gasteiger partial charge in [-0.05, 0) is 84.0 Å². The summed E-state index contributed by atoms with van der Waals surface area (Å²) in [4.78, 5) is 19.6. The predicted molar refractivity (Wildman–Crippen MR) is 161 cm³/mol. The molecule has 1 aliphatic carbocycles. The van der Waals surface area contributed by atoms with E-state index in [1.807, 2.05) is 36.4 Å². The van der Waals surface area contributed by atoms with Crippen LogP contribution in [0.25, 0.3) is 12.2 Å². The molecule has 40 heavy (non-hydrogen) atoms. The summed E-state index contributed by atoms with van der Waals surface area (Å²) in [7, 11) is 0. The molecule has 0 radical (unpaired) electrons. The quantitative estimate of drug-likeness (QED) is 0.217. The number of benzene rings is 3. The molecule has 0 saturated heterocycles. The fourth-order valence-corrected chi connectivity index (χ4v) is 6.73. The highest BCUT2D eigenvalue weighted by atomic mass is 79.9. The molecule has 4 nitrogen and oxygen atoms in total. The van der Waals surface area contributed by atoms with Gasteiger partial charge < -0.3 is 4.74 Å². The number of rotatable bonds is 5. The normalized spacial score (nSPS) is 18.1. The fraction of sp³-hybridized carbons (Fsp3) is 0.161. The Morgan fingerprint density at radius 2 is 1.65 bits per heavy atom. The van der Waals surface area contributed by atoms with Crippen LogP contribution in [0.1, 0.15) is 42.0 Å². The van der Waals surface area contributed by atoms with Gasteiger partial charge in [0.15, 0.2) is 4.80 Å². The highest BCUT2D eigenvalue weighted by Crippen LogP contribution is 2.41. The third kappa shape index (κ3) is 5.42. The maximum Gasteiger partial charge on any atom is 0.387 e. The lowest BCUT2D eigenvalue weighted by Gasteiger charge is -2.31. The lowest BCUT2D eigenvalue weighted by molar-refractivity contribution is -0.0499. The van der Waals surface area contributed by atoms with Crippen LogP contribution in [0.5, 0.6) is 5.75 Å². The van der Waals surface area contributed by atoms with Gasteiger partial charge in [-0.15, -0.1) is 0 Å². The number of fused-ring (bicyclic) bond motifs is 1.